The summed E-state index contributed by atoms with van der Waals surface area (Å²) >= 11 is 0. The zero-order chi connectivity index (χ0) is 15.7. The highest BCUT2D eigenvalue weighted by molar-refractivity contribution is 5.79. The van der Waals surface area contributed by atoms with Crippen LogP contribution in [-0.2, 0) is 16.0 Å². The molecule has 0 spiro atoms. The molecule has 0 heterocycles. The average Bonchev–Trinajstić information content (AvgIpc) is 2.46. The molecule has 0 radical (unpaired) electrons. The molecule has 0 bridgehead atoms. The summed E-state index contributed by atoms with van der Waals surface area (Å²) in [5.74, 6) is -0.183. The predicted octanol–water partition coefficient (Wildman–Crippen LogP) is 0.283. The Morgan fingerprint density at radius 3 is 2.62 bits per heavy atom. The first-order chi connectivity index (χ1) is 10.1. The Hall–Kier alpha value is -2.24. The van der Waals surface area contributed by atoms with Gasteiger partial charge in [0.1, 0.15) is 0 Å². The molecule has 0 aliphatic carbocycles. The molecular formula is C15H20NO5-. The Balaban J connectivity index is 2.45. The van der Waals surface area contributed by atoms with Gasteiger partial charge >= 0.3 is 0 Å². The number of ether oxygens (including phenoxy) is 2. The third-order valence-electron chi connectivity index (χ3n) is 2.82. The molecule has 1 N–H and O–H groups in total. The van der Waals surface area contributed by atoms with E-state index in [0.29, 0.717) is 31.1 Å². The summed E-state index contributed by atoms with van der Waals surface area (Å²) in [6.07, 6.45) is 0.303. The van der Waals surface area contributed by atoms with E-state index in [1.54, 1.807) is 7.11 Å². The zero-order valence-corrected chi connectivity index (χ0v) is 12.3. The third-order valence-corrected chi connectivity index (χ3v) is 2.82. The van der Waals surface area contributed by atoms with Crippen LogP contribution in [0.5, 0.6) is 11.5 Å². The standard InChI is InChI=1S/C15H21NO5/c1-3-21-12-5-4-11(10-13(12)20-2)8-9-16-14(17)6-7-15(18)19/h4-5,10H,3,6-9H2,1-2H3,(H,16,17)(H,18,19)/p-1. The van der Waals surface area contributed by atoms with E-state index in [4.69, 9.17) is 9.47 Å². The van der Waals surface area contributed by atoms with Crippen molar-refractivity contribution in [2.75, 3.05) is 20.3 Å². The quantitative estimate of drug-likeness (QED) is 0.707. The number of aliphatic carboxylic acids is 1. The van der Waals surface area contributed by atoms with E-state index in [9.17, 15) is 14.7 Å². The average molecular weight is 294 g/mol. The summed E-state index contributed by atoms with van der Waals surface area (Å²) in [7, 11) is 1.57. The number of carboxylic acids is 1. The van der Waals surface area contributed by atoms with E-state index in [1.807, 2.05) is 25.1 Å². The van der Waals surface area contributed by atoms with Crippen molar-refractivity contribution in [3.8, 4) is 11.5 Å². The molecule has 1 rings (SSSR count). The van der Waals surface area contributed by atoms with Gasteiger partial charge < -0.3 is 24.7 Å². The number of carbonyl (C=O) groups is 2. The first-order valence-electron chi connectivity index (χ1n) is 6.83. The van der Waals surface area contributed by atoms with Crippen LogP contribution in [0.1, 0.15) is 25.3 Å². The van der Waals surface area contributed by atoms with Crippen LogP contribution in [0, 0.1) is 0 Å². The maximum Gasteiger partial charge on any atom is 0.220 e. The summed E-state index contributed by atoms with van der Waals surface area (Å²) in [4.78, 5) is 21.6. The van der Waals surface area contributed by atoms with Crippen molar-refractivity contribution in [2.24, 2.45) is 0 Å². The lowest BCUT2D eigenvalue weighted by molar-refractivity contribution is -0.305. The van der Waals surface area contributed by atoms with Crippen molar-refractivity contribution in [3.63, 3.8) is 0 Å². The molecule has 0 atom stereocenters. The Bertz CT molecular complexity index is 487. The van der Waals surface area contributed by atoms with Crippen molar-refractivity contribution in [1.82, 2.24) is 5.32 Å². The van der Waals surface area contributed by atoms with Crippen LogP contribution < -0.4 is 19.9 Å². The van der Waals surface area contributed by atoms with E-state index in [2.05, 4.69) is 5.32 Å². The van der Waals surface area contributed by atoms with Crippen LogP contribution in [0.4, 0.5) is 0 Å². The lowest BCUT2D eigenvalue weighted by Crippen LogP contribution is -2.29. The monoisotopic (exact) mass is 294 g/mol. The summed E-state index contributed by atoms with van der Waals surface area (Å²) in [6.45, 7) is 2.89. The highest BCUT2D eigenvalue weighted by Crippen LogP contribution is 2.28. The Labute approximate surface area is 124 Å². The normalized spacial score (nSPS) is 10.0. The lowest BCUT2D eigenvalue weighted by Gasteiger charge is -2.11. The van der Waals surface area contributed by atoms with Gasteiger partial charge in [-0.1, -0.05) is 6.07 Å². The van der Waals surface area contributed by atoms with E-state index < -0.39 is 5.97 Å². The molecule has 0 unspecified atom stereocenters. The molecule has 1 aromatic carbocycles. The zero-order valence-electron chi connectivity index (χ0n) is 12.3. The van der Waals surface area contributed by atoms with Gasteiger partial charge in [0.15, 0.2) is 11.5 Å². The molecule has 0 saturated heterocycles. The van der Waals surface area contributed by atoms with Crippen LogP contribution in [0.3, 0.4) is 0 Å². The SMILES string of the molecule is CCOc1ccc(CCNC(=O)CCC(=O)[O-])cc1OC. The van der Waals surface area contributed by atoms with Crippen molar-refractivity contribution in [3.05, 3.63) is 23.8 Å². The summed E-state index contributed by atoms with van der Waals surface area (Å²) in [5.41, 5.74) is 0.996. The van der Waals surface area contributed by atoms with Gasteiger partial charge in [0, 0.05) is 18.9 Å². The van der Waals surface area contributed by atoms with Gasteiger partial charge in [-0.2, -0.15) is 0 Å². The van der Waals surface area contributed by atoms with E-state index in [0.717, 1.165) is 5.56 Å². The molecule has 1 amide bonds. The fraction of sp³-hybridized carbons (Fsp3) is 0.467. The van der Waals surface area contributed by atoms with E-state index in [-0.39, 0.29) is 18.7 Å². The Kier molecular flexibility index (Phi) is 7.08. The fourth-order valence-corrected chi connectivity index (χ4v) is 1.79. The van der Waals surface area contributed by atoms with Crippen LogP contribution in [-0.4, -0.2) is 32.1 Å². The van der Waals surface area contributed by atoms with Crippen molar-refractivity contribution < 1.29 is 24.2 Å². The van der Waals surface area contributed by atoms with Gasteiger partial charge in [-0.15, -0.1) is 0 Å². The lowest BCUT2D eigenvalue weighted by atomic mass is 10.1. The second-order valence-electron chi connectivity index (χ2n) is 4.39. The first-order valence-corrected chi connectivity index (χ1v) is 6.83. The molecule has 6 heteroatoms. The molecule has 1 aromatic rings. The van der Waals surface area contributed by atoms with E-state index in [1.165, 1.54) is 0 Å². The minimum absolute atomic E-state index is 0.0606. The van der Waals surface area contributed by atoms with Crippen molar-refractivity contribution in [2.45, 2.75) is 26.2 Å². The number of benzene rings is 1. The Morgan fingerprint density at radius 2 is 2.00 bits per heavy atom. The minimum atomic E-state index is -1.22. The highest BCUT2D eigenvalue weighted by atomic mass is 16.5. The van der Waals surface area contributed by atoms with Gasteiger partial charge in [-0.05, 0) is 37.5 Å². The summed E-state index contributed by atoms with van der Waals surface area (Å²) < 4.78 is 10.7. The van der Waals surface area contributed by atoms with Crippen LogP contribution in [0.25, 0.3) is 0 Å². The van der Waals surface area contributed by atoms with Crippen LogP contribution in [0.2, 0.25) is 0 Å². The number of nitrogens with one attached hydrogen (secondary N) is 1. The number of methoxy groups -OCH3 is 1. The van der Waals surface area contributed by atoms with Gasteiger partial charge in [0.25, 0.3) is 0 Å². The predicted molar refractivity (Wildman–Crippen MR) is 75.1 cm³/mol. The molecule has 116 valence electrons. The summed E-state index contributed by atoms with van der Waals surface area (Å²) in [5, 5.41) is 12.9. The number of carboxylic acid groups (broad SMARTS) is 1. The number of hydrogen-bond acceptors (Lipinski definition) is 5. The Morgan fingerprint density at radius 1 is 1.24 bits per heavy atom. The molecule has 0 aliphatic rings. The summed E-state index contributed by atoms with van der Waals surface area (Å²) in [6, 6.07) is 5.59. The molecular weight excluding hydrogens is 274 g/mol. The molecule has 0 saturated carbocycles. The van der Waals surface area contributed by atoms with Crippen LogP contribution >= 0.6 is 0 Å². The first kappa shape index (κ1) is 16.8. The van der Waals surface area contributed by atoms with Gasteiger partial charge in [0.2, 0.25) is 5.91 Å². The topological polar surface area (TPSA) is 87.7 Å². The molecule has 0 aromatic heterocycles. The van der Waals surface area contributed by atoms with Gasteiger partial charge in [-0.25, -0.2) is 0 Å². The number of hydrogen-bond donors (Lipinski definition) is 1. The second-order valence-corrected chi connectivity index (χ2v) is 4.39. The van der Waals surface area contributed by atoms with Crippen molar-refractivity contribution >= 4 is 11.9 Å². The van der Waals surface area contributed by atoms with Crippen LogP contribution in [0.15, 0.2) is 18.2 Å². The van der Waals surface area contributed by atoms with Gasteiger partial charge in [-0.3, -0.25) is 4.79 Å². The molecule has 0 aliphatic heterocycles. The number of amides is 1. The maximum atomic E-state index is 11.4. The molecule has 21 heavy (non-hydrogen) atoms. The minimum Gasteiger partial charge on any atom is -0.550 e. The fourth-order valence-electron chi connectivity index (χ4n) is 1.79. The number of carbonyl (C=O) groups excluding carboxylic acids is 2. The maximum absolute atomic E-state index is 11.4. The number of rotatable bonds is 9. The van der Waals surface area contributed by atoms with Crippen molar-refractivity contribution in [1.29, 1.82) is 0 Å². The smallest absolute Gasteiger partial charge is 0.220 e. The molecule has 0 fully saturated rings. The molecule has 6 nitrogen and oxygen atoms in total. The largest absolute Gasteiger partial charge is 0.550 e. The third kappa shape index (κ3) is 6.16. The highest BCUT2D eigenvalue weighted by Gasteiger charge is 2.06. The second kappa shape index (κ2) is 8.84. The van der Waals surface area contributed by atoms with E-state index >= 15 is 0 Å². The van der Waals surface area contributed by atoms with Gasteiger partial charge in [0.05, 0.1) is 13.7 Å².